The zero-order chi connectivity index (χ0) is 21.5. The molecule has 30 heavy (non-hydrogen) atoms. The van der Waals surface area contributed by atoms with Crippen LogP contribution in [0.25, 0.3) is 23.1 Å². The van der Waals surface area contributed by atoms with E-state index in [1.165, 1.54) is 24.3 Å². The Hall–Kier alpha value is -3.55. The van der Waals surface area contributed by atoms with Gasteiger partial charge in [-0.2, -0.15) is 5.10 Å². The number of amides is 1. The molecular formula is C22H19F2N3O3. The summed E-state index contributed by atoms with van der Waals surface area (Å²) in [6.45, 7) is 3.30. The first-order valence-corrected chi connectivity index (χ1v) is 9.37. The van der Waals surface area contributed by atoms with Crippen LogP contribution in [0, 0.1) is 17.6 Å². The Kier molecular flexibility index (Phi) is 4.85. The smallest absolute Gasteiger partial charge is 0.307 e. The fraction of sp³-hybridized carbons (Fsp3) is 0.227. The molecule has 1 fully saturated rings. The van der Waals surface area contributed by atoms with Crippen molar-refractivity contribution >= 4 is 40.6 Å². The Labute approximate surface area is 170 Å². The van der Waals surface area contributed by atoms with Crippen LogP contribution in [0.2, 0.25) is 0 Å². The molecule has 3 aromatic rings. The van der Waals surface area contributed by atoms with Gasteiger partial charge in [-0.1, -0.05) is 18.2 Å². The Morgan fingerprint density at radius 1 is 1.23 bits per heavy atom. The van der Waals surface area contributed by atoms with Crippen LogP contribution >= 0.6 is 0 Å². The van der Waals surface area contributed by atoms with Gasteiger partial charge in [0.2, 0.25) is 5.91 Å². The van der Waals surface area contributed by atoms with Crippen LogP contribution in [-0.4, -0.2) is 27.7 Å². The van der Waals surface area contributed by atoms with Gasteiger partial charge in [-0.25, -0.2) is 8.78 Å². The number of ether oxygens (including phenoxy) is 1. The maximum atomic E-state index is 14.5. The van der Waals surface area contributed by atoms with Gasteiger partial charge in [0.15, 0.2) is 0 Å². The largest absolute Gasteiger partial charge is 0.459 e. The number of rotatable bonds is 4. The van der Waals surface area contributed by atoms with Gasteiger partial charge in [-0.05, 0) is 43.7 Å². The lowest BCUT2D eigenvalue weighted by molar-refractivity contribution is -0.147. The molecule has 1 atom stereocenters. The van der Waals surface area contributed by atoms with Crippen molar-refractivity contribution in [3.8, 4) is 0 Å². The molecule has 1 unspecified atom stereocenters. The number of carbonyl (C=O) groups excluding carboxylic acids is 2. The molecule has 6 nitrogen and oxygen atoms in total. The zero-order valence-electron chi connectivity index (χ0n) is 16.3. The molecule has 0 saturated carbocycles. The summed E-state index contributed by atoms with van der Waals surface area (Å²) in [7, 11) is 0. The van der Waals surface area contributed by atoms with Gasteiger partial charge in [0.1, 0.15) is 17.2 Å². The number of nitrogens with one attached hydrogen (secondary N) is 2. The summed E-state index contributed by atoms with van der Waals surface area (Å²) >= 11 is 0. The number of hydrogen-bond donors (Lipinski definition) is 2. The van der Waals surface area contributed by atoms with E-state index < -0.39 is 29.2 Å². The van der Waals surface area contributed by atoms with E-state index >= 15 is 0 Å². The van der Waals surface area contributed by atoms with E-state index in [1.807, 2.05) is 0 Å². The topological polar surface area (TPSA) is 84.1 Å². The molecule has 1 aliphatic heterocycles. The third-order valence-corrected chi connectivity index (χ3v) is 5.14. The Balaban J connectivity index is 1.61. The summed E-state index contributed by atoms with van der Waals surface area (Å²) in [5.74, 6) is -2.63. The van der Waals surface area contributed by atoms with Crippen molar-refractivity contribution in [1.82, 2.24) is 10.2 Å². The normalized spacial score (nSPS) is 18.1. The van der Waals surface area contributed by atoms with Crippen molar-refractivity contribution in [3.63, 3.8) is 0 Å². The summed E-state index contributed by atoms with van der Waals surface area (Å²) in [6, 6.07) is 8.68. The fourth-order valence-corrected chi connectivity index (χ4v) is 3.48. The molecule has 1 aliphatic rings. The third kappa shape index (κ3) is 3.80. The highest BCUT2D eigenvalue weighted by Crippen LogP contribution is 2.34. The van der Waals surface area contributed by atoms with Gasteiger partial charge < -0.3 is 10.1 Å². The highest BCUT2D eigenvalue weighted by Gasteiger charge is 2.46. The van der Waals surface area contributed by atoms with E-state index in [9.17, 15) is 18.4 Å². The van der Waals surface area contributed by atoms with Gasteiger partial charge in [0.05, 0.1) is 29.2 Å². The van der Waals surface area contributed by atoms with E-state index in [0.29, 0.717) is 16.6 Å². The minimum atomic E-state index is -0.958. The zero-order valence-corrected chi connectivity index (χ0v) is 16.3. The SMILES string of the molecule is CC1(C)OC(=O)CC1C(=O)Nc1cc2c(/C=C/c3ccc(F)cc3)n[nH]c2cc1F. The van der Waals surface area contributed by atoms with Crippen LogP contribution in [0.1, 0.15) is 31.5 Å². The first kappa shape index (κ1) is 19.8. The lowest BCUT2D eigenvalue weighted by Gasteiger charge is -2.23. The number of halogens is 2. The molecule has 154 valence electrons. The van der Waals surface area contributed by atoms with Crippen molar-refractivity contribution in [3.05, 3.63) is 59.3 Å². The van der Waals surface area contributed by atoms with Crippen LogP contribution in [0.4, 0.5) is 14.5 Å². The number of fused-ring (bicyclic) bond motifs is 1. The van der Waals surface area contributed by atoms with E-state index in [-0.39, 0.29) is 17.9 Å². The fourth-order valence-electron chi connectivity index (χ4n) is 3.48. The maximum Gasteiger partial charge on any atom is 0.307 e. The van der Waals surface area contributed by atoms with E-state index in [1.54, 1.807) is 38.1 Å². The van der Waals surface area contributed by atoms with Crippen LogP contribution in [0.5, 0.6) is 0 Å². The monoisotopic (exact) mass is 411 g/mol. The molecule has 1 saturated heterocycles. The van der Waals surface area contributed by atoms with Crippen LogP contribution in [0.3, 0.4) is 0 Å². The van der Waals surface area contributed by atoms with E-state index in [0.717, 1.165) is 5.56 Å². The van der Waals surface area contributed by atoms with Gasteiger partial charge in [-0.3, -0.25) is 14.7 Å². The Bertz CT molecular complexity index is 1170. The number of aromatic nitrogens is 2. The number of carbonyl (C=O) groups is 2. The van der Waals surface area contributed by atoms with Crippen LogP contribution in [0.15, 0.2) is 36.4 Å². The van der Waals surface area contributed by atoms with Crippen molar-refractivity contribution < 1.29 is 23.1 Å². The molecule has 2 aromatic carbocycles. The predicted octanol–water partition coefficient (Wildman–Crippen LogP) is 4.29. The van der Waals surface area contributed by atoms with Crippen molar-refractivity contribution in [2.45, 2.75) is 25.9 Å². The summed E-state index contributed by atoms with van der Waals surface area (Å²) < 4.78 is 32.7. The molecule has 0 spiro atoms. The first-order chi connectivity index (χ1) is 14.2. The minimum Gasteiger partial charge on any atom is -0.459 e. The molecule has 0 aliphatic carbocycles. The van der Waals surface area contributed by atoms with Gasteiger partial charge in [0.25, 0.3) is 0 Å². The summed E-state index contributed by atoms with van der Waals surface area (Å²) in [5.41, 5.74) is 0.797. The van der Waals surface area contributed by atoms with Crippen molar-refractivity contribution in [2.75, 3.05) is 5.32 Å². The van der Waals surface area contributed by atoms with Crippen molar-refractivity contribution in [1.29, 1.82) is 0 Å². The predicted molar refractivity (Wildman–Crippen MR) is 108 cm³/mol. The molecule has 4 rings (SSSR count). The minimum absolute atomic E-state index is 0.0134. The van der Waals surface area contributed by atoms with Gasteiger partial charge in [0, 0.05) is 11.5 Å². The van der Waals surface area contributed by atoms with E-state index in [4.69, 9.17) is 4.74 Å². The average molecular weight is 411 g/mol. The molecule has 8 heteroatoms. The van der Waals surface area contributed by atoms with Gasteiger partial charge in [-0.15, -0.1) is 0 Å². The second-order valence-electron chi connectivity index (χ2n) is 7.69. The second kappa shape index (κ2) is 7.37. The molecule has 1 aromatic heterocycles. The number of hydrogen-bond acceptors (Lipinski definition) is 4. The van der Waals surface area contributed by atoms with E-state index in [2.05, 4.69) is 15.5 Å². The highest BCUT2D eigenvalue weighted by atomic mass is 19.1. The second-order valence-corrected chi connectivity index (χ2v) is 7.69. The Morgan fingerprint density at radius 2 is 1.97 bits per heavy atom. The molecule has 2 N–H and O–H groups in total. The number of anilines is 1. The third-order valence-electron chi connectivity index (χ3n) is 5.14. The highest BCUT2D eigenvalue weighted by molar-refractivity contribution is 5.99. The number of aromatic amines is 1. The van der Waals surface area contributed by atoms with Crippen LogP contribution in [-0.2, 0) is 14.3 Å². The molecule has 0 radical (unpaired) electrons. The van der Waals surface area contributed by atoms with Crippen LogP contribution < -0.4 is 5.32 Å². The average Bonchev–Trinajstić information content (AvgIpc) is 3.20. The number of benzene rings is 2. The molecule has 1 amide bonds. The summed E-state index contributed by atoms with van der Waals surface area (Å²) in [6.07, 6.45) is 3.41. The molecule has 2 heterocycles. The number of esters is 1. The molecule has 0 bridgehead atoms. The lowest BCUT2D eigenvalue weighted by atomic mass is 9.90. The first-order valence-electron chi connectivity index (χ1n) is 9.37. The number of nitrogens with zero attached hydrogens (tertiary/aromatic N) is 1. The van der Waals surface area contributed by atoms with Crippen molar-refractivity contribution in [2.24, 2.45) is 5.92 Å². The molecular weight excluding hydrogens is 392 g/mol. The standard InChI is InChI=1S/C22H19F2N3O3/c1-22(2)15(10-20(28)30-22)21(29)25-19-9-14-17(26-27-18(14)11-16(19)24)8-5-12-3-6-13(23)7-4-12/h3-9,11,15H,10H2,1-2H3,(H,25,29)(H,26,27)/b8-5+. The number of cyclic esters (lactones) is 1. The lowest BCUT2D eigenvalue weighted by Crippen LogP contribution is -2.36. The quantitative estimate of drug-likeness (QED) is 0.628. The van der Waals surface area contributed by atoms with Gasteiger partial charge >= 0.3 is 5.97 Å². The Morgan fingerprint density at radius 3 is 2.63 bits per heavy atom. The maximum absolute atomic E-state index is 14.5. The summed E-state index contributed by atoms with van der Waals surface area (Å²) in [5, 5.41) is 10.1. The summed E-state index contributed by atoms with van der Waals surface area (Å²) in [4.78, 5) is 24.2. The number of H-pyrrole nitrogens is 1.